The van der Waals surface area contributed by atoms with Gasteiger partial charge in [0.05, 0.1) is 11.4 Å². The molecule has 1 amide bonds. The first kappa shape index (κ1) is 20.7. The minimum Gasteiger partial charge on any atom is -0.352 e. The summed E-state index contributed by atoms with van der Waals surface area (Å²) in [5.41, 5.74) is 2.98. The van der Waals surface area contributed by atoms with Gasteiger partial charge in [-0.2, -0.15) is 0 Å². The van der Waals surface area contributed by atoms with E-state index in [2.05, 4.69) is 5.32 Å². The molecule has 2 aromatic carbocycles. The molecule has 0 atom stereocenters. The van der Waals surface area contributed by atoms with Crippen molar-refractivity contribution < 1.29 is 13.2 Å². The van der Waals surface area contributed by atoms with Gasteiger partial charge in [0, 0.05) is 23.7 Å². The van der Waals surface area contributed by atoms with Crippen LogP contribution in [0.3, 0.4) is 0 Å². The molecular weight excluding hydrogens is 396 g/mol. The molecule has 150 valence electrons. The van der Waals surface area contributed by atoms with Crippen molar-refractivity contribution in [3.05, 3.63) is 64.2 Å². The normalized spacial score (nSPS) is 16.0. The second-order valence-electron chi connectivity index (χ2n) is 7.05. The number of hydrogen-bond donors (Lipinski definition) is 1. The van der Waals surface area contributed by atoms with Crippen LogP contribution in [0.4, 0.5) is 5.69 Å². The molecule has 7 heteroatoms. The number of sulfonamides is 1. The maximum absolute atomic E-state index is 12.5. The smallest absolute Gasteiger partial charge is 0.251 e. The molecule has 3 rings (SSSR count). The molecule has 0 aromatic heterocycles. The molecule has 1 aliphatic rings. The number of halogens is 1. The van der Waals surface area contributed by atoms with Crippen molar-refractivity contribution in [1.29, 1.82) is 0 Å². The van der Waals surface area contributed by atoms with Crippen LogP contribution in [-0.2, 0) is 16.4 Å². The Bertz CT molecular complexity index is 960. The zero-order valence-electron chi connectivity index (χ0n) is 15.9. The van der Waals surface area contributed by atoms with Crippen LogP contribution in [0.2, 0.25) is 5.02 Å². The molecule has 0 spiro atoms. The maximum Gasteiger partial charge on any atom is 0.251 e. The first-order valence-electron chi connectivity index (χ1n) is 9.51. The van der Waals surface area contributed by atoms with Gasteiger partial charge in [-0.25, -0.2) is 8.42 Å². The van der Waals surface area contributed by atoms with Crippen molar-refractivity contribution in [2.75, 3.05) is 23.1 Å². The van der Waals surface area contributed by atoms with Gasteiger partial charge in [-0.3, -0.25) is 9.10 Å². The van der Waals surface area contributed by atoms with Crippen LogP contribution >= 0.6 is 11.6 Å². The molecule has 2 aromatic rings. The van der Waals surface area contributed by atoms with Crippen molar-refractivity contribution in [2.45, 2.75) is 32.6 Å². The third-order valence-corrected chi connectivity index (χ3v) is 7.18. The average molecular weight is 421 g/mol. The number of amides is 1. The van der Waals surface area contributed by atoms with Crippen LogP contribution < -0.4 is 9.62 Å². The number of hydrogen-bond acceptors (Lipinski definition) is 3. The molecule has 0 aliphatic carbocycles. The summed E-state index contributed by atoms with van der Waals surface area (Å²) in [6.07, 6.45) is 3.07. The Morgan fingerprint density at radius 1 is 1.18 bits per heavy atom. The minimum absolute atomic E-state index is 0.158. The van der Waals surface area contributed by atoms with E-state index in [4.69, 9.17) is 11.6 Å². The van der Waals surface area contributed by atoms with Crippen LogP contribution in [0, 0.1) is 6.92 Å². The largest absolute Gasteiger partial charge is 0.352 e. The van der Waals surface area contributed by atoms with E-state index in [-0.39, 0.29) is 11.7 Å². The molecule has 0 bridgehead atoms. The van der Waals surface area contributed by atoms with Crippen LogP contribution in [0.25, 0.3) is 0 Å². The fraction of sp³-hybridized carbons (Fsp3) is 0.381. The Labute approximate surface area is 171 Å². The third-order valence-electron chi connectivity index (χ3n) is 4.96. The Hall–Kier alpha value is -2.05. The van der Waals surface area contributed by atoms with E-state index >= 15 is 0 Å². The summed E-state index contributed by atoms with van der Waals surface area (Å²) in [6, 6.07) is 12.9. The summed E-state index contributed by atoms with van der Waals surface area (Å²) >= 11 is 6.15. The molecule has 1 N–H and O–H groups in total. The van der Waals surface area contributed by atoms with Gasteiger partial charge in [-0.05, 0) is 61.9 Å². The summed E-state index contributed by atoms with van der Waals surface area (Å²) in [7, 11) is -3.31. The zero-order chi connectivity index (χ0) is 20.1. The number of rotatable bonds is 6. The van der Waals surface area contributed by atoms with Gasteiger partial charge in [0.15, 0.2) is 0 Å². The Kier molecular flexibility index (Phi) is 6.62. The lowest BCUT2D eigenvalue weighted by atomic mass is 10.1. The van der Waals surface area contributed by atoms with Crippen LogP contribution in [0.15, 0.2) is 42.5 Å². The van der Waals surface area contributed by atoms with Gasteiger partial charge in [0.1, 0.15) is 0 Å². The third kappa shape index (κ3) is 4.86. The standard InChI is InChI=1S/C21H25ClN2O3S/c1-16-10-11-18(15-20(16)24-13-4-5-14-28(24,26)27)21(25)23-12-6-8-17-7-2-3-9-19(17)22/h2-3,7,9-11,15H,4-6,8,12-14H2,1H3,(H,23,25). The van der Waals surface area contributed by atoms with Crippen molar-refractivity contribution in [3.8, 4) is 0 Å². The number of anilines is 1. The Morgan fingerprint density at radius 3 is 2.71 bits per heavy atom. The summed E-state index contributed by atoms with van der Waals surface area (Å²) < 4.78 is 26.3. The maximum atomic E-state index is 12.5. The van der Waals surface area contributed by atoms with Gasteiger partial charge < -0.3 is 5.32 Å². The van der Waals surface area contributed by atoms with Gasteiger partial charge in [0.2, 0.25) is 10.0 Å². The second kappa shape index (κ2) is 8.97. The molecule has 1 aliphatic heterocycles. The highest BCUT2D eigenvalue weighted by Crippen LogP contribution is 2.28. The fourth-order valence-corrected chi connectivity index (χ4v) is 5.29. The quantitative estimate of drug-likeness (QED) is 0.719. The topological polar surface area (TPSA) is 66.5 Å². The molecule has 5 nitrogen and oxygen atoms in total. The lowest BCUT2D eigenvalue weighted by Gasteiger charge is -2.29. The predicted octanol–water partition coefficient (Wildman–Crippen LogP) is 3.94. The van der Waals surface area contributed by atoms with Crippen LogP contribution in [-0.4, -0.2) is 33.2 Å². The molecule has 28 heavy (non-hydrogen) atoms. The van der Waals surface area contributed by atoms with E-state index in [9.17, 15) is 13.2 Å². The molecular formula is C21H25ClN2O3S. The summed E-state index contributed by atoms with van der Waals surface area (Å²) in [4.78, 5) is 12.5. The highest BCUT2D eigenvalue weighted by Gasteiger charge is 2.27. The van der Waals surface area contributed by atoms with Crippen molar-refractivity contribution in [3.63, 3.8) is 0 Å². The van der Waals surface area contributed by atoms with Gasteiger partial charge >= 0.3 is 0 Å². The Morgan fingerprint density at radius 2 is 1.96 bits per heavy atom. The highest BCUT2D eigenvalue weighted by atomic mass is 35.5. The number of carbonyl (C=O) groups is 1. The number of carbonyl (C=O) groups excluding carboxylic acids is 1. The summed E-state index contributed by atoms with van der Waals surface area (Å²) in [6.45, 7) is 2.85. The van der Waals surface area contributed by atoms with Crippen LogP contribution in [0.5, 0.6) is 0 Å². The van der Waals surface area contributed by atoms with E-state index in [1.807, 2.05) is 31.2 Å². The van der Waals surface area contributed by atoms with E-state index in [0.29, 0.717) is 30.8 Å². The van der Waals surface area contributed by atoms with Crippen LogP contribution in [0.1, 0.15) is 40.7 Å². The summed E-state index contributed by atoms with van der Waals surface area (Å²) in [5.74, 6) is -0.0416. The van der Waals surface area contributed by atoms with Crippen molar-refractivity contribution >= 4 is 33.2 Å². The molecule has 1 saturated heterocycles. The lowest BCUT2D eigenvalue weighted by molar-refractivity contribution is 0.0953. The monoisotopic (exact) mass is 420 g/mol. The van der Waals surface area contributed by atoms with Crippen molar-refractivity contribution in [1.82, 2.24) is 5.32 Å². The zero-order valence-corrected chi connectivity index (χ0v) is 17.5. The molecule has 0 radical (unpaired) electrons. The first-order valence-corrected chi connectivity index (χ1v) is 11.5. The number of benzene rings is 2. The number of nitrogens with one attached hydrogen (secondary N) is 1. The summed E-state index contributed by atoms with van der Waals surface area (Å²) in [5, 5.41) is 3.64. The number of aryl methyl sites for hydroxylation is 2. The average Bonchev–Trinajstić information content (AvgIpc) is 2.67. The minimum atomic E-state index is -3.31. The van der Waals surface area contributed by atoms with E-state index in [1.54, 1.807) is 18.2 Å². The van der Waals surface area contributed by atoms with E-state index in [1.165, 1.54) is 4.31 Å². The van der Waals surface area contributed by atoms with Gasteiger partial charge in [-0.1, -0.05) is 35.9 Å². The molecule has 0 unspecified atom stereocenters. The Balaban J connectivity index is 1.63. The first-order chi connectivity index (χ1) is 13.4. The van der Waals surface area contributed by atoms with Gasteiger partial charge in [0.25, 0.3) is 5.91 Å². The highest BCUT2D eigenvalue weighted by molar-refractivity contribution is 7.92. The lowest BCUT2D eigenvalue weighted by Crippen LogP contribution is -2.38. The molecule has 1 heterocycles. The molecule has 1 fully saturated rings. The van der Waals surface area contributed by atoms with E-state index < -0.39 is 10.0 Å². The number of nitrogens with zero attached hydrogens (tertiary/aromatic N) is 1. The second-order valence-corrected chi connectivity index (χ2v) is 9.47. The van der Waals surface area contributed by atoms with Crippen molar-refractivity contribution in [2.24, 2.45) is 0 Å². The predicted molar refractivity (Wildman–Crippen MR) is 114 cm³/mol. The molecule has 0 saturated carbocycles. The SMILES string of the molecule is Cc1ccc(C(=O)NCCCc2ccccc2Cl)cc1N1CCCCS1(=O)=O. The van der Waals surface area contributed by atoms with Gasteiger partial charge in [-0.15, -0.1) is 0 Å². The van der Waals surface area contributed by atoms with E-state index in [0.717, 1.165) is 35.4 Å². The fourth-order valence-electron chi connectivity index (χ4n) is 3.36.